The Bertz CT molecular complexity index is 614. The van der Waals surface area contributed by atoms with Crippen molar-refractivity contribution in [3.8, 4) is 0 Å². The number of aromatic amines is 1. The number of nitrogens with zero attached hydrogens (tertiary/aromatic N) is 1. The molecule has 1 unspecified atom stereocenters. The van der Waals surface area contributed by atoms with E-state index in [9.17, 15) is 4.79 Å². The van der Waals surface area contributed by atoms with Crippen LogP contribution in [0.25, 0.3) is 10.9 Å². The van der Waals surface area contributed by atoms with Gasteiger partial charge in [-0.05, 0) is 37.3 Å². The number of fused-ring (bicyclic) bond motifs is 1. The summed E-state index contributed by atoms with van der Waals surface area (Å²) in [5.74, 6) is 0.766. The number of rotatable bonds is 1. The predicted octanol–water partition coefficient (Wildman–Crippen LogP) is 3.35. The molecule has 0 radical (unpaired) electrons. The number of H-pyrrole nitrogens is 1. The van der Waals surface area contributed by atoms with Gasteiger partial charge in [-0.15, -0.1) is 0 Å². The largest absolute Gasteiger partial charge is 0.350 e. The molecule has 1 fully saturated rings. The number of aromatic nitrogens is 1. The van der Waals surface area contributed by atoms with Crippen LogP contribution in [0.1, 0.15) is 35.8 Å². The number of piperidine rings is 1. The average molecular weight is 256 g/mol. The average Bonchev–Trinajstić information content (AvgIpc) is 2.76. The number of likely N-dealkylation sites (tertiary alicyclic amines) is 1. The molecule has 3 nitrogen and oxygen atoms in total. The minimum atomic E-state index is 0.153. The fourth-order valence-electron chi connectivity index (χ4n) is 3.03. The molecule has 3 heteroatoms. The number of hydrogen-bond donors (Lipinski definition) is 1. The van der Waals surface area contributed by atoms with E-state index in [-0.39, 0.29) is 5.91 Å². The Labute approximate surface area is 113 Å². The zero-order valence-electron chi connectivity index (χ0n) is 11.6. The summed E-state index contributed by atoms with van der Waals surface area (Å²) in [7, 11) is 0. The highest BCUT2D eigenvalue weighted by molar-refractivity contribution is 6.00. The second-order valence-corrected chi connectivity index (χ2v) is 5.67. The van der Waals surface area contributed by atoms with E-state index < -0.39 is 0 Å². The molecule has 2 aromatic rings. The van der Waals surface area contributed by atoms with Crippen molar-refractivity contribution in [2.45, 2.75) is 26.7 Å². The normalized spacial score (nSPS) is 19.9. The molecule has 1 amide bonds. The van der Waals surface area contributed by atoms with Crippen molar-refractivity contribution in [1.82, 2.24) is 9.88 Å². The first-order valence-corrected chi connectivity index (χ1v) is 7.03. The summed E-state index contributed by atoms with van der Waals surface area (Å²) < 4.78 is 0. The first kappa shape index (κ1) is 12.3. The van der Waals surface area contributed by atoms with Gasteiger partial charge in [-0.3, -0.25) is 4.79 Å². The Morgan fingerprint density at radius 1 is 1.37 bits per heavy atom. The molecule has 1 saturated heterocycles. The molecule has 1 aliphatic heterocycles. The van der Waals surface area contributed by atoms with Crippen LogP contribution in [-0.2, 0) is 0 Å². The molecule has 3 rings (SSSR count). The molecule has 1 aromatic carbocycles. The smallest absolute Gasteiger partial charge is 0.270 e. The van der Waals surface area contributed by atoms with Crippen LogP contribution in [0.5, 0.6) is 0 Å². The highest BCUT2D eigenvalue weighted by atomic mass is 16.2. The van der Waals surface area contributed by atoms with Crippen LogP contribution in [0, 0.1) is 12.8 Å². The molecule has 1 N–H and O–H groups in total. The van der Waals surface area contributed by atoms with E-state index in [4.69, 9.17) is 0 Å². The molecule has 0 spiro atoms. The fourth-order valence-corrected chi connectivity index (χ4v) is 3.03. The van der Waals surface area contributed by atoms with Gasteiger partial charge in [0, 0.05) is 24.0 Å². The summed E-state index contributed by atoms with van der Waals surface area (Å²) in [5.41, 5.74) is 2.88. The van der Waals surface area contributed by atoms with Crippen molar-refractivity contribution >= 4 is 16.8 Å². The van der Waals surface area contributed by atoms with Crippen LogP contribution in [0.3, 0.4) is 0 Å². The number of benzene rings is 1. The molecule has 1 atom stereocenters. The number of amides is 1. The lowest BCUT2D eigenvalue weighted by Gasteiger charge is -2.30. The minimum absolute atomic E-state index is 0.153. The van der Waals surface area contributed by atoms with E-state index in [1.807, 2.05) is 30.0 Å². The summed E-state index contributed by atoms with van der Waals surface area (Å²) in [6.45, 7) is 6.02. The SMILES string of the molecule is Cc1c(C(=O)N2CCCC(C)C2)[nH]c2ccccc12. The summed E-state index contributed by atoms with van der Waals surface area (Å²) >= 11 is 0. The third-order valence-electron chi connectivity index (χ3n) is 4.12. The van der Waals surface area contributed by atoms with E-state index >= 15 is 0 Å². The lowest BCUT2D eigenvalue weighted by Crippen LogP contribution is -2.39. The molecule has 0 saturated carbocycles. The van der Waals surface area contributed by atoms with E-state index in [0.717, 1.165) is 41.7 Å². The first-order chi connectivity index (χ1) is 9.16. The summed E-state index contributed by atoms with van der Waals surface area (Å²) in [4.78, 5) is 17.9. The molecule has 1 aliphatic rings. The topological polar surface area (TPSA) is 36.1 Å². The van der Waals surface area contributed by atoms with Gasteiger partial charge in [0.2, 0.25) is 0 Å². The van der Waals surface area contributed by atoms with Crippen LogP contribution in [0.15, 0.2) is 24.3 Å². The maximum atomic E-state index is 12.6. The van der Waals surface area contributed by atoms with E-state index in [1.54, 1.807) is 0 Å². The minimum Gasteiger partial charge on any atom is -0.350 e. The van der Waals surface area contributed by atoms with Crippen LogP contribution >= 0.6 is 0 Å². The van der Waals surface area contributed by atoms with E-state index in [0.29, 0.717) is 5.92 Å². The van der Waals surface area contributed by atoms with Crippen molar-refractivity contribution in [3.05, 3.63) is 35.5 Å². The van der Waals surface area contributed by atoms with Crippen molar-refractivity contribution < 1.29 is 4.79 Å². The van der Waals surface area contributed by atoms with Gasteiger partial charge < -0.3 is 9.88 Å². The Morgan fingerprint density at radius 2 is 2.16 bits per heavy atom. The zero-order chi connectivity index (χ0) is 13.4. The van der Waals surface area contributed by atoms with Crippen molar-refractivity contribution in [2.24, 2.45) is 5.92 Å². The van der Waals surface area contributed by atoms with Gasteiger partial charge in [0.15, 0.2) is 0 Å². The van der Waals surface area contributed by atoms with Gasteiger partial charge in [0.25, 0.3) is 5.91 Å². The van der Waals surface area contributed by atoms with Gasteiger partial charge >= 0.3 is 0 Å². The highest BCUT2D eigenvalue weighted by Crippen LogP contribution is 2.24. The molecular weight excluding hydrogens is 236 g/mol. The first-order valence-electron chi connectivity index (χ1n) is 7.03. The second kappa shape index (κ2) is 4.72. The van der Waals surface area contributed by atoms with Crippen molar-refractivity contribution in [2.75, 3.05) is 13.1 Å². The number of nitrogens with one attached hydrogen (secondary N) is 1. The number of carbonyl (C=O) groups excluding carboxylic acids is 1. The van der Waals surface area contributed by atoms with Gasteiger partial charge in [0.1, 0.15) is 5.69 Å². The quantitative estimate of drug-likeness (QED) is 0.834. The van der Waals surface area contributed by atoms with Gasteiger partial charge in [-0.25, -0.2) is 0 Å². The molecule has 1 aromatic heterocycles. The summed E-state index contributed by atoms with van der Waals surface area (Å²) in [6, 6.07) is 8.10. The maximum Gasteiger partial charge on any atom is 0.270 e. The van der Waals surface area contributed by atoms with Gasteiger partial charge in [-0.1, -0.05) is 25.1 Å². The maximum absolute atomic E-state index is 12.6. The molecule has 0 aliphatic carbocycles. The molecular formula is C16H20N2O. The number of aryl methyl sites for hydroxylation is 1. The van der Waals surface area contributed by atoms with Crippen LogP contribution in [0.2, 0.25) is 0 Å². The third-order valence-corrected chi connectivity index (χ3v) is 4.12. The number of carbonyl (C=O) groups is 1. The van der Waals surface area contributed by atoms with Gasteiger partial charge in [0.05, 0.1) is 0 Å². The second-order valence-electron chi connectivity index (χ2n) is 5.67. The van der Waals surface area contributed by atoms with E-state index in [2.05, 4.69) is 18.0 Å². The van der Waals surface area contributed by atoms with Crippen LogP contribution in [-0.4, -0.2) is 28.9 Å². The van der Waals surface area contributed by atoms with E-state index in [1.165, 1.54) is 6.42 Å². The Balaban J connectivity index is 1.95. The van der Waals surface area contributed by atoms with Crippen LogP contribution in [0.4, 0.5) is 0 Å². The fraction of sp³-hybridized carbons (Fsp3) is 0.438. The lowest BCUT2D eigenvalue weighted by molar-refractivity contribution is 0.0677. The zero-order valence-corrected chi connectivity index (χ0v) is 11.6. The lowest BCUT2D eigenvalue weighted by atomic mass is 10.00. The highest BCUT2D eigenvalue weighted by Gasteiger charge is 2.24. The van der Waals surface area contributed by atoms with Gasteiger partial charge in [-0.2, -0.15) is 0 Å². The number of para-hydroxylation sites is 1. The third kappa shape index (κ3) is 2.14. The molecule has 0 bridgehead atoms. The Morgan fingerprint density at radius 3 is 2.89 bits per heavy atom. The predicted molar refractivity (Wildman–Crippen MR) is 77.3 cm³/mol. The number of hydrogen-bond acceptors (Lipinski definition) is 1. The Kier molecular flexibility index (Phi) is 3.05. The molecule has 100 valence electrons. The van der Waals surface area contributed by atoms with Crippen molar-refractivity contribution in [1.29, 1.82) is 0 Å². The van der Waals surface area contributed by atoms with Crippen molar-refractivity contribution in [3.63, 3.8) is 0 Å². The monoisotopic (exact) mass is 256 g/mol. The molecule has 2 heterocycles. The standard InChI is InChI=1S/C16H20N2O/c1-11-6-5-9-18(10-11)16(19)15-12(2)13-7-3-4-8-14(13)17-15/h3-4,7-8,11,17H,5-6,9-10H2,1-2H3. The summed E-state index contributed by atoms with van der Waals surface area (Å²) in [6.07, 6.45) is 2.35. The molecule has 19 heavy (non-hydrogen) atoms. The summed E-state index contributed by atoms with van der Waals surface area (Å²) in [5, 5.41) is 1.15. The Hall–Kier alpha value is -1.77. The van der Waals surface area contributed by atoms with Crippen LogP contribution < -0.4 is 0 Å².